The topological polar surface area (TPSA) is 52.6 Å². The fraction of sp³-hybridized carbons (Fsp3) is 0.714. The monoisotopic (exact) mass is 160 g/mol. The van der Waals surface area contributed by atoms with Crippen molar-refractivity contribution in [2.75, 3.05) is 7.11 Å². The van der Waals surface area contributed by atoms with Crippen molar-refractivity contribution in [3.05, 3.63) is 0 Å². The SMILES string of the molecule is COC(C)OC(=O)CC(C)=O. The Morgan fingerprint density at radius 1 is 1.45 bits per heavy atom. The molecule has 0 radical (unpaired) electrons. The third-order valence-corrected chi connectivity index (χ3v) is 1.02. The molecule has 4 nitrogen and oxygen atoms in total. The van der Waals surface area contributed by atoms with Gasteiger partial charge in [-0.25, -0.2) is 0 Å². The summed E-state index contributed by atoms with van der Waals surface area (Å²) in [5.41, 5.74) is 0. The van der Waals surface area contributed by atoms with E-state index in [0.29, 0.717) is 0 Å². The first kappa shape index (κ1) is 10.1. The standard InChI is InChI=1S/C7H12O4/c1-5(8)4-7(9)11-6(2)10-3/h6H,4H2,1-3H3. The molecule has 0 N–H and O–H groups in total. The van der Waals surface area contributed by atoms with Crippen LogP contribution in [0.3, 0.4) is 0 Å². The molecule has 0 amide bonds. The zero-order chi connectivity index (χ0) is 8.85. The minimum Gasteiger partial charge on any atom is -0.436 e. The Kier molecular flexibility index (Phi) is 4.45. The van der Waals surface area contributed by atoms with Crippen LogP contribution in [0.4, 0.5) is 0 Å². The molecule has 0 spiro atoms. The normalized spacial score (nSPS) is 12.3. The summed E-state index contributed by atoms with van der Waals surface area (Å²) in [6, 6.07) is 0. The number of carbonyl (C=O) groups is 2. The molecule has 0 fully saturated rings. The van der Waals surface area contributed by atoms with Crippen molar-refractivity contribution in [3.63, 3.8) is 0 Å². The van der Waals surface area contributed by atoms with E-state index >= 15 is 0 Å². The highest BCUT2D eigenvalue weighted by atomic mass is 16.7. The van der Waals surface area contributed by atoms with E-state index in [1.165, 1.54) is 14.0 Å². The van der Waals surface area contributed by atoms with E-state index in [-0.39, 0.29) is 12.2 Å². The largest absolute Gasteiger partial charge is 0.436 e. The molecule has 0 aliphatic rings. The maximum Gasteiger partial charge on any atom is 0.315 e. The van der Waals surface area contributed by atoms with Gasteiger partial charge in [0.05, 0.1) is 0 Å². The summed E-state index contributed by atoms with van der Waals surface area (Å²) < 4.78 is 9.28. The van der Waals surface area contributed by atoms with Crippen LogP contribution < -0.4 is 0 Å². The van der Waals surface area contributed by atoms with Gasteiger partial charge in [0.1, 0.15) is 12.2 Å². The summed E-state index contributed by atoms with van der Waals surface area (Å²) in [7, 11) is 1.42. The molecular weight excluding hydrogens is 148 g/mol. The maximum absolute atomic E-state index is 10.7. The molecule has 0 aromatic carbocycles. The van der Waals surface area contributed by atoms with Gasteiger partial charge in [-0.1, -0.05) is 0 Å². The molecule has 0 aliphatic heterocycles. The summed E-state index contributed by atoms with van der Waals surface area (Å²) in [4.78, 5) is 21.1. The minimum absolute atomic E-state index is 0.187. The summed E-state index contributed by atoms with van der Waals surface area (Å²) in [6.07, 6.45) is -0.768. The van der Waals surface area contributed by atoms with E-state index in [9.17, 15) is 9.59 Å². The molecule has 4 heteroatoms. The first-order valence-electron chi connectivity index (χ1n) is 3.28. The molecule has 1 unspecified atom stereocenters. The van der Waals surface area contributed by atoms with Crippen molar-refractivity contribution in [1.82, 2.24) is 0 Å². The number of hydrogen-bond donors (Lipinski definition) is 0. The molecule has 0 rings (SSSR count). The van der Waals surface area contributed by atoms with Crippen LogP contribution in [0.1, 0.15) is 20.3 Å². The predicted octanol–water partition coefficient (Wildman–Crippen LogP) is 0.501. The number of Topliss-reactive ketones (excluding diaryl/α,β-unsaturated/α-hetero) is 1. The summed E-state index contributed by atoms with van der Waals surface area (Å²) in [6.45, 7) is 2.91. The summed E-state index contributed by atoms with van der Waals surface area (Å²) in [5.74, 6) is -0.759. The third-order valence-electron chi connectivity index (χ3n) is 1.02. The van der Waals surface area contributed by atoms with Gasteiger partial charge in [0, 0.05) is 7.11 Å². The number of hydrogen-bond acceptors (Lipinski definition) is 4. The van der Waals surface area contributed by atoms with Gasteiger partial charge in [0.15, 0.2) is 6.29 Å². The van der Waals surface area contributed by atoms with E-state index in [0.717, 1.165) is 0 Å². The highest BCUT2D eigenvalue weighted by molar-refractivity contribution is 5.94. The van der Waals surface area contributed by atoms with Crippen molar-refractivity contribution in [1.29, 1.82) is 0 Å². The number of esters is 1. The minimum atomic E-state index is -0.582. The Bertz CT molecular complexity index is 153. The number of methoxy groups -OCH3 is 1. The van der Waals surface area contributed by atoms with Crippen LogP contribution in [0.5, 0.6) is 0 Å². The van der Waals surface area contributed by atoms with Gasteiger partial charge in [0.2, 0.25) is 0 Å². The lowest BCUT2D eigenvalue weighted by Crippen LogP contribution is -2.18. The molecule has 0 bridgehead atoms. The fourth-order valence-electron chi connectivity index (χ4n) is 0.478. The third kappa shape index (κ3) is 5.54. The van der Waals surface area contributed by atoms with Gasteiger partial charge >= 0.3 is 5.97 Å². The van der Waals surface area contributed by atoms with E-state index in [4.69, 9.17) is 0 Å². The first-order chi connectivity index (χ1) is 5.06. The van der Waals surface area contributed by atoms with Crippen LogP contribution in [0.25, 0.3) is 0 Å². The maximum atomic E-state index is 10.7. The van der Waals surface area contributed by atoms with Crippen molar-refractivity contribution in [2.45, 2.75) is 26.6 Å². The molecule has 64 valence electrons. The molecule has 11 heavy (non-hydrogen) atoms. The van der Waals surface area contributed by atoms with E-state index < -0.39 is 12.3 Å². The Morgan fingerprint density at radius 2 is 2.00 bits per heavy atom. The van der Waals surface area contributed by atoms with E-state index in [1.807, 2.05) is 0 Å². The highest BCUT2D eigenvalue weighted by Crippen LogP contribution is 1.95. The lowest BCUT2D eigenvalue weighted by atomic mass is 10.3. The van der Waals surface area contributed by atoms with Crippen LogP contribution in [0.15, 0.2) is 0 Å². The lowest BCUT2D eigenvalue weighted by molar-refractivity contribution is -0.170. The Balaban J connectivity index is 3.60. The molecule has 0 aromatic rings. The van der Waals surface area contributed by atoms with Crippen molar-refractivity contribution in [2.24, 2.45) is 0 Å². The predicted molar refractivity (Wildman–Crippen MR) is 37.9 cm³/mol. The average Bonchev–Trinajstić information content (AvgIpc) is 1.85. The van der Waals surface area contributed by atoms with Crippen LogP contribution in [-0.2, 0) is 19.1 Å². The number of ether oxygens (including phenoxy) is 2. The Hall–Kier alpha value is -0.900. The van der Waals surface area contributed by atoms with Crippen LogP contribution in [0.2, 0.25) is 0 Å². The first-order valence-corrected chi connectivity index (χ1v) is 3.28. The lowest BCUT2D eigenvalue weighted by Gasteiger charge is -2.09. The van der Waals surface area contributed by atoms with Gasteiger partial charge in [-0.2, -0.15) is 0 Å². The zero-order valence-corrected chi connectivity index (χ0v) is 6.92. The van der Waals surface area contributed by atoms with Crippen molar-refractivity contribution >= 4 is 11.8 Å². The van der Waals surface area contributed by atoms with E-state index in [1.54, 1.807) is 6.92 Å². The van der Waals surface area contributed by atoms with E-state index in [2.05, 4.69) is 9.47 Å². The quantitative estimate of drug-likeness (QED) is 0.341. The fourth-order valence-corrected chi connectivity index (χ4v) is 0.478. The van der Waals surface area contributed by atoms with Crippen LogP contribution in [0, 0.1) is 0 Å². The summed E-state index contributed by atoms with van der Waals surface area (Å²) >= 11 is 0. The molecule has 0 aromatic heterocycles. The van der Waals surface area contributed by atoms with Crippen LogP contribution >= 0.6 is 0 Å². The molecule has 1 atom stereocenters. The van der Waals surface area contributed by atoms with Gasteiger partial charge in [-0.05, 0) is 13.8 Å². The van der Waals surface area contributed by atoms with Crippen molar-refractivity contribution < 1.29 is 19.1 Å². The zero-order valence-electron chi connectivity index (χ0n) is 6.92. The molecule has 0 saturated heterocycles. The second-order valence-corrected chi connectivity index (χ2v) is 2.17. The van der Waals surface area contributed by atoms with Gasteiger partial charge in [0.25, 0.3) is 0 Å². The second-order valence-electron chi connectivity index (χ2n) is 2.17. The smallest absolute Gasteiger partial charge is 0.315 e. The van der Waals surface area contributed by atoms with Gasteiger partial charge < -0.3 is 9.47 Å². The Labute approximate surface area is 65.5 Å². The summed E-state index contributed by atoms with van der Waals surface area (Å²) in [5, 5.41) is 0. The van der Waals surface area contributed by atoms with Crippen LogP contribution in [-0.4, -0.2) is 25.2 Å². The van der Waals surface area contributed by atoms with Crippen molar-refractivity contribution in [3.8, 4) is 0 Å². The number of carbonyl (C=O) groups excluding carboxylic acids is 2. The van der Waals surface area contributed by atoms with Gasteiger partial charge in [-0.15, -0.1) is 0 Å². The molecule has 0 heterocycles. The number of rotatable bonds is 4. The molecule has 0 aliphatic carbocycles. The average molecular weight is 160 g/mol. The Morgan fingerprint density at radius 3 is 2.36 bits per heavy atom. The molecular formula is C7H12O4. The van der Waals surface area contributed by atoms with Gasteiger partial charge in [-0.3, -0.25) is 9.59 Å². The second kappa shape index (κ2) is 4.85. The molecule has 0 saturated carbocycles. The highest BCUT2D eigenvalue weighted by Gasteiger charge is 2.09. The number of ketones is 1.